The van der Waals surface area contributed by atoms with E-state index in [1.807, 2.05) is 0 Å². The van der Waals surface area contributed by atoms with Crippen molar-refractivity contribution in [1.29, 1.82) is 0 Å². The number of para-hydroxylation sites is 1. The van der Waals surface area contributed by atoms with E-state index in [2.05, 4.69) is 10.6 Å². The van der Waals surface area contributed by atoms with Crippen LogP contribution in [0.3, 0.4) is 0 Å². The summed E-state index contributed by atoms with van der Waals surface area (Å²) >= 11 is 6.69. The fourth-order valence-electron chi connectivity index (χ4n) is 2.75. The molecule has 2 amide bonds. The van der Waals surface area contributed by atoms with Crippen molar-refractivity contribution >= 4 is 51.4 Å². The van der Waals surface area contributed by atoms with Crippen LogP contribution in [0, 0.1) is 12.7 Å². The molecule has 0 unspecified atom stereocenters. The lowest BCUT2D eigenvalue weighted by molar-refractivity contribution is -0.118. The van der Waals surface area contributed by atoms with Crippen molar-refractivity contribution in [2.45, 2.75) is 6.92 Å². The molecule has 2 N–H and O–H groups in total. The van der Waals surface area contributed by atoms with Gasteiger partial charge in [-0.3, -0.25) is 9.59 Å². The molecule has 1 heterocycles. The SMILES string of the molecule is COC(=O)c1c(NC(=O)COc2ccc(Cl)cc2)sc(C(=O)Nc2ccccc2F)c1C. The molecular weight excluding hydrogens is 459 g/mol. The lowest BCUT2D eigenvalue weighted by Gasteiger charge is -2.08. The Kier molecular flexibility index (Phi) is 7.45. The molecule has 2 aromatic carbocycles. The summed E-state index contributed by atoms with van der Waals surface area (Å²) in [6.07, 6.45) is 0. The first-order valence-electron chi connectivity index (χ1n) is 9.26. The number of hydrogen-bond acceptors (Lipinski definition) is 6. The minimum Gasteiger partial charge on any atom is -0.484 e. The Morgan fingerprint density at radius 3 is 2.41 bits per heavy atom. The second-order valence-corrected chi connectivity index (χ2v) is 7.93. The predicted molar refractivity (Wildman–Crippen MR) is 120 cm³/mol. The molecule has 0 atom stereocenters. The topological polar surface area (TPSA) is 93.7 Å². The molecule has 0 fully saturated rings. The molecule has 0 saturated carbocycles. The summed E-state index contributed by atoms with van der Waals surface area (Å²) in [7, 11) is 1.19. The number of carbonyl (C=O) groups excluding carboxylic acids is 3. The van der Waals surface area contributed by atoms with Gasteiger partial charge in [0.25, 0.3) is 11.8 Å². The number of amides is 2. The molecule has 0 aliphatic rings. The van der Waals surface area contributed by atoms with E-state index >= 15 is 0 Å². The van der Waals surface area contributed by atoms with E-state index in [4.69, 9.17) is 21.1 Å². The maximum atomic E-state index is 13.9. The fraction of sp³-hybridized carbons (Fsp3) is 0.136. The van der Waals surface area contributed by atoms with Crippen LogP contribution in [0.2, 0.25) is 5.02 Å². The van der Waals surface area contributed by atoms with Crippen molar-refractivity contribution in [2.24, 2.45) is 0 Å². The van der Waals surface area contributed by atoms with Gasteiger partial charge in [-0.05, 0) is 48.9 Å². The smallest absolute Gasteiger partial charge is 0.341 e. The van der Waals surface area contributed by atoms with Gasteiger partial charge in [0.05, 0.1) is 23.2 Å². The standard InChI is InChI=1S/C22H18ClFN2O5S/c1-12-18(22(29)30-2)21(26-17(27)11-31-14-9-7-13(23)8-10-14)32-19(12)20(28)25-16-6-4-3-5-15(16)24/h3-10H,11H2,1-2H3,(H,25,28)(H,26,27). The van der Waals surface area contributed by atoms with Gasteiger partial charge in [0, 0.05) is 5.02 Å². The summed E-state index contributed by atoms with van der Waals surface area (Å²) in [4.78, 5) is 37.5. The first-order chi connectivity index (χ1) is 15.3. The third-order valence-corrected chi connectivity index (χ3v) is 5.76. The van der Waals surface area contributed by atoms with Crippen molar-refractivity contribution in [2.75, 3.05) is 24.4 Å². The lowest BCUT2D eigenvalue weighted by atomic mass is 10.1. The molecule has 32 heavy (non-hydrogen) atoms. The van der Waals surface area contributed by atoms with Gasteiger partial charge in [0.2, 0.25) is 0 Å². The van der Waals surface area contributed by atoms with Crippen LogP contribution in [0.15, 0.2) is 48.5 Å². The molecular formula is C22H18ClFN2O5S. The number of halogens is 2. The van der Waals surface area contributed by atoms with Gasteiger partial charge < -0.3 is 20.1 Å². The summed E-state index contributed by atoms with van der Waals surface area (Å²) in [6.45, 7) is 1.20. The summed E-state index contributed by atoms with van der Waals surface area (Å²) in [5.41, 5.74) is 0.326. The Hall–Kier alpha value is -3.43. The summed E-state index contributed by atoms with van der Waals surface area (Å²) in [5.74, 6) is -2.06. The van der Waals surface area contributed by atoms with Crippen molar-refractivity contribution < 1.29 is 28.2 Å². The third kappa shape index (κ3) is 5.43. The Bertz CT molecular complexity index is 1160. The molecule has 0 bridgehead atoms. The van der Waals surface area contributed by atoms with Crippen molar-refractivity contribution in [1.82, 2.24) is 0 Å². The van der Waals surface area contributed by atoms with E-state index in [1.165, 1.54) is 25.3 Å². The van der Waals surface area contributed by atoms with E-state index < -0.39 is 23.6 Å². The van der Waals surface area contributed by atoms with Gasteiger partial charge in [-0.2, -0.15) is 0 Å². The Morgan fingerprint density at radius 1 is 1.06 bits per heavy atom. The van der Waals surface area contributed by atoms with Gasteiger partial charge >= 0.3 is 5.97 Å². The second-order valence-electron chi connectivity index (χ2n) is 6.48. The highest BCUT2D eigenvalue weighted by atomic mass is 35.5. The molecule has 1 aromatic heterocycles. The molecule has 0 spiro atoms. The van der Waals surface area contributed by atoms with Crippen LogP contribution < -0.4 is 15.4 Å². The van der Waals surface area contributed by atoms with E-state index in [9.17, 15) is 18.8 Å². The number of thiophene rings is 1. The highest BCUT2D eigenvalue weighted by Crippen LogP contribution is 2.34. The van der Waals surface area contributed by atoms with Gasteiger partial charge in [0.15, 0.2) is 6.61 Å². The molecule has 0 radical (unpaired) electrons. The third-order valence-electron chi connectivity index (χ3n) is 4.30. The Morgan fingerprint density at radius 2 is 1.75 bits per heavy atom. The van der Waals surface area contributed by atoms with E-state index in [-0.39, 0.29) is 27.7 Å². The average Bonchev–Trinajstić information content (AvgIpc) is 3.10. The highest BCUT2D eigenvalue weighted by molar-refractivity contribution is 7.19. The number of methoxy groups -OCH3 is 1. The molecule has 166 valence electrons. The molecule has 3 rings (SSSR count). The first-order valence-corrected chi connectivity index (χ1v) is 10.5. The molecule has 7 nitrogen and oxygen atoms in total. The van der Waals surface area contributed by atoms with Crippen LogP contribution in [0.1, 0.15) is 25.6 Å². The normalized spacial score (nSPS) is 10.4. The number of ether oxygens (including phenoxy) is 2. The fourth-order valence-corrected chi connectivity index (χ4v) is 3.98. The Balaban J connectivity index is 1.79. The molecule has 0 aliphatic carbocycles. The van der Waals surface area contributed by atoms with Crippen LogP contribution >= 0.6 is 22.9 Å². The number of hydrogen-bond donors (Lipinski definition) is 2. The zero-order valence-corrected chi connectivity index (χ0v) is 18.6. The minimum absolute atomic E-state index is 0.00753. The van der Waals surface area contributed by atoms with Crippen molar-refractivity contribution in [3.8, 4) is 5.75 Å². The second kappa shape index (κ2) is 10.3. The monoisotopic (exact) mass is 476 g/mol. The number of nitrogens with one attached hydrogen (secondary N) is 2. The van der Waals surface area contributed by atoms with Crippen LogP contribution in [-0.4, -0.2) is 31.5 Å². The number of benzene rings is 2. The molecule has 10 heteroatoms. The van der Waals surface area contributed by atoms with Crippen molar-refractivity contribution in [3.05, 3.63) is 75.4 Å². The largest absolute Gasteiger partial charge is 0.484 e. The van der Waals surface area contributed by atoms with E-state index in [0.717, 1.165) is 11.3 Å². The van der Waals surface area contributed by atoms with Crippen LogP contribution in [-0.2, 0) is 9.53 Å². The van der Waals surface area contributed by atoms with Crippen LogP contribution in [0.5, 0.6) is 5.75 Å². The van der Waals surface area contributed by atoms with E-state index in [0.29, 0.717) is 16.3 Å². The Labute approximate surface area is 192 Å². The quantitative estimate of drug-likeness (QED) is 0.473. The van der Waals surface area contributed by atoms with Crippen molar-refractivity contribution in [3.63, 3.8) is 0 Å². The highest BCUT2D eigenvalue weighted by Gasteiger charge is 2.26. The van der Waals surface area contributed by atoms with E-state index in [1.54, 1.807) is 37.3 Å². The van der Waals surface area contributed by atoms with Crippen LogP contribution in [0.25, 0.3) is 0 Å². The number of anilines is 2. The van der Waals surface area contributed by atoms with Gasteiger partial charge in [-0.15, -0.1) is 11.3 Å². The molecule has 0 saturated heterocycles. The zero-order valence-electron chi connectivity index (χ0n) is 17.0. The van der Waals surface area contributed by atoms with Gasteiger partial charge in [0.1, 0.15) is 16.6 Å². The van der Waals surface area contributed by atoms with Crippen LogP contribution in [0.4, 0.5) is 15.1 Å². The first kappa shape index (κ1) is 23.2. The summed E-state index contributed by atoms with van der Waals surface area (Å²) in [5, 5.41) is 5.69. The summed E-state index contributed by atoms with van der Waals surface area (Å²) in [6, 6.07) is 12.1. The number of rotatable bonds is 7. The maximum Gasteiger partial charge on any atom is 0.341 e. The zero-order chi connectivity index (χ0) is 23.3. The number of carbonyl (C=O) groups is 3. The van der Waals surface area contributed by atoms with Gasteiger partial charge in [-0.25, -0.2) is 9.18 Å². The average molecular weight is 477 g/mol. The summed E-state index contributed by atoms with van der Waals surface area (Å²) < 4.78 is 24.1. The predicted octanol–water partition coefficient (Wildman–Crippen LogP) is 4.91. The maximum absolute atomic E-state index is 13.9. The number of esters is 1. The molecule has 3 aromatic rings. The lowest BCUT2D eigenvalue weighted by Crippen LogP contribution is -2.21. The minimum atomic E-state index is -0.724. The van der Waals surface area contributed by atoms with Gasteiger partial charge in [-0.1, -0.05) is 23.7 Å². The molecule has 0 aliphatic heterocycles.